The maximum absolute atomic E-state index is 12.9. The molecule has 4 rings (SSSR count). The Morgan fingerprint density at radius 2 is 1.85 bits per heavy atom. The van der Waals surface area contributed by atoms with Gasteiger partial charge in [0, 0.05) is 29.4 Å². The Morgan fingerprint density at radius 1 is 1.15 bits per heavy atom. The molecule has 1 fully saturated rings. The van der Waals surface area contributed by atoms with Gasteiger partial charge in [-0.05, 0) is 67.3 Å². The van der Waals surface area contributed by atoms with Crippen LogP contribution >= 0.6 is 27.0 Å². The van der Waals surface area contributed by atoms with E-state index in [4.69, 9.17) is 16.4 Å². The number of carboxylic acid groups (broad SMARTS) is 1. The molecule has 1 aliphatic carbocycles. The van der Waals surface area contributed by atoms with Gasteiger partial charge in [-0.1, -0.05) is 6.92 Å². The number of nitrogens with zero attached hydrogens (tertiary/aromatic N) is 1. The largest absolute Gasteiger partial charge is 0.478 e. The SMILES string of the molecule is S.S.[C-]#[N+][C@H]1CCCC1C(=O)[C@@H](C)Cc1c[nH]c2ccc(Oc3ccc(C(=O)O)cc3)cc12. The van der Waals surface area contributed by atoms with E-state index in [0.717, 1.165) is 35.7 Å². The Hall–Kier alpha value is -2.89. The zero-order chi connectivity index (χ0) is 22.0. The highest BCUT2D eigenvalue weighted by atomic mass is 32.1. The van der Waals surface area contributed by atoms with Crippen molar-refractivity contribution in [2.45, 2.75) is 38.6 Å². The molecule has 3 atom stereocenters. The summed E-state index contributed by atoms with van der Waals surface area (Å²) < 4.78 is 5.90. The van der Waals surface area contributed by atoms with Gasteiger partial charge < -0.3 is 19.7 Å². The van der Waals surface area contributed by atoms with Gasteiger partial charge in [0.15, 0.2) is 0 Å². The van der Waals surface area contributed by atoms with E-state index in [9.17, 15) is 9.59 Å². The molecule has 1 saturated carbocycles. The number of Topliss-reactive ketones (excluding diaryl/α,β-unsaturated/α-hetero) is 1. The number of aromatic carboxylic acids is 1. The van der Waals surface area contributed by atoms with E-state index in [0.29, 0.717) is 17.9 Å². The molecule has 1 aromatic heterocycles. The lowest BCUT2D eigenvalue weighted by Crippen LogP contribution is -2.27. The summed E-state index contributed by atoms with van der Waals surface area (Å²) in [6.07, 6.45) is 5.14. The summed E-state index contributed by atoms with van der Waals surface area (Å²) >= 11 is 0. The number of benzene rings is 2. The fourth-order valence-corrected chi connectivity index (χ4v) is 4.41. The lowest BCUT2D eigenvalue weighted by Gasteiger charge is -2.15. The van der Waals surface area contributed by atoms with Gasteiger partial charge in [-0.3, -0.25) is 4.79 Å². The van der Waals surface area contributed by atoms with Crippen molar-refractivity contribution in [2.75, 3.05) is 0 Å². The number of aromatic amines is 1. The number of rotatable bonds is 7. The average molecular weight is 485 g/mol. The van der Waals surface area contributed by atoms with Crippen LogP contribution in [0.25, 0.3) is 15.7 Å². The number of H-pyrrole nitrogens is 1. The molecule has 1 unspecified atom stereocenters. The van der Waals surface area contributed by atoms with Crippen LogP contribution in [0, 0.1) is 18.4 Å². The smallest absolute Gasteiger partial charge is 0.335 e. The maximum Gasteiger partial charge on any atom is 0.335 e. The van der Waals surface area contributed by atoms with Gasteiger partial charge in [0.25, 0.3) is 0 Å². The summed E-state index contributed by atoms with van der Waals surface area (Å²) in [5.41, 5.74) is 2.21. The molecule has 1 aliphatic rings. The average Bonchev–Trinajstić information content (AvgIpc) is 3.40. The van der Waals surface area contributed by atoms with Crippen LogP contribution in [-0.2, 0) is 11.2 Å². The van der Waals surface area contributed by atoms with Crippen molar-refractivity contribution in [1.82, 2.24) is 4.98 Å². The third-order valence-electron chi connectivity index (χ3n) is 6.10. The van der Waals surface area contributed by atoms with E-state index in [1.165, 1.54) is 12.1 Å². The van der Waals surface area contributed by atoms with Crippen molar-refractivity contribution in [3.63, 3.8) is 0 Å². The molecule has 174 valence electrons. The summed E-state index contributed by atoms with van der Waals surface area (Å²) in [7, 11) is 0. The Morgan fingerprint density at radius 3 is 2.52 bits per heavy atom. The van der Waals surface area contributed by atoms with Crippen LogP contribution in [0.4, 0.5) is 0 Å². The van der Waals surface area contributed by atoms with E-state index in [1.807, 2.05) is 31.3 Å². The highest BCUT2D eigenvalue weighted by Gasteiger charge is 2.39. The normalized spacial score (nSPS) is 17.9. The van der Waals surface area contributed by atoms with E-state index in [1.54, 1.807) is 12.1 Å². The molecule has 8 heteroatoms. The third kappa shape index (κ3) is 5.73. The highest BCUT2D eigenvalue weighted by molar-refractivity contribution is 7.59. The molecule has 6 nitrogen and oxygen atoms in total. The van der Waals surface area contributed by atoms with Gasteiger partial charge in [0.05, 0.1) is 11.5 Å². The Kier molecular flexibility index (Phi) is 9.03. The predicted molar refractivity (Wildman–Crippen MR) is 138 cm³/mol. The van der Waals surface area contributed by atoms with E-state index < -0.39 is 5.97 Å². The number of carbonyl (C=O) groups excluding carboxylic acids is 1. The summed E-state index contributed by atoms with van der Waals surface area (Å²) in [6.45, 7) is 9.29. The third-order valence-corrected chi connectivity index (χ3v) is 6.10. The predicted octanol–water partition coefficient (Wildman–Crippen LogP) is 5.72. The molecule has 33 heavy (non-hydrogen) atoms. The number of fused-ring (bicyclic) bond motifs is 1. The molecule has 3 aromatic rings. The van der Waals surface area contributed by atoms with E-state index in [-0.39, 0.29) is 56.2 Å². The first-order valence-corrected chi connectivity index (χ1v) is 10.5. The Balaban J connectivity index is 0.00000193. The minimum Gasteiger partial charge on any atom is -0.478 e. The molecular weight excluding hydrogens is 456 g/mol. The second-order valence-corrected chi connectivity index (χ2v) is 8.19. The summed E-state index contributed by atoms with van der Waals surface area (Å²) in [5.74, 6) is 0.119. The topological polar surface area (TPSA) is 83.8 Å². The first-order chi connectivity index (χ1) is 15.0. The molecular formula is C25H28N2O4S2. The van der Waals surface area contributed by atoms with E-state index in [2.05, 4.69) is 9.83 Å². The standard InChI is InChI=1S/C25H24N2O4.2H2S/c1-15(24(28)20-4-3-5-22(20)26-2)12-17-14-27-23-11-10-19(13-21(17)23)31-18-8-6-16(7-9-18)25(29)30;;/h6-11,13-15,20,22,27H,3-5,12H2,1H3,(H,29,30);2*1H2/t15-,20?,22-;;/m0../s1. The number of hydrogen-bond acceptors (Lipinski definition) is 3. The monoisotopic (exact) mass is 484 g/mol. The number of ketones is 1. The van der Waals surface area contributed by atoms with Crippen molar-refractivity contribution in [1.29, 1.82) is 0 Å². The molecule has 0 amide bonds. The van der Waals surface area contributed by atoms with Gasteiger partial charge in [-0.2, -0.15) is 27.0 Å². The number of carbonyl (C=O) groups is 2. The minimum atomic E-state index is -0.978. The molecule has 0 aliphatic heterocycles. The van der Waals surface area contributed by atoms with Crippen LogP contribution in [0.2, 0.25) is 0 Å². The fraction of sp³-hybridized carbons (Fsp3) is 0.320. The lowest BCUT2D eigenvalue weighted by atomic mass is 9.86. The Bertz CT molecular complexity index is 1170. The van der Waals surface area contributed by atoms with Crippen LogP contribution in [0.15, 0.2) is 48.7 Å². The fourth-order valence-electron chi connectivity index (χ4n) is 4.41. The van der Waals surface area contributed by atoms with Gasteiger partial charge in [-0.25, -0.2) is 11.4 Å². The number of ether oxygens (including phenoxy) is 1. The summed E-state index contributed by atoms with van der Waals surface area (Å²) in [6, 6.07) is 11.8. The Labute approximate surface area is 207 Å². The van der Waals surface area contributed by atoms with Crippen molar-refractivity contribution >= 4 is 49.6 Å². The van der Waals surface area contributed by atoms with Crippen LogP contribution < -0.4 is 4.74 Å². The first-order valence-electron chi connectivity index (χ1n) is 10.5. The van der Waals surface area contributed by atoms with Crippen molar-refractivity contribution < 1.29 is 19.4 Å². The number of nitrogens with one attached hydrogen (secondary N) is 1. The van der Waals surface area contributed by atoms with Crippen LogP contribution in [0.1, 0.15) is 42.1 Å². The van der Waals surface area contributed by atoms with Crippen molar-refractivity contribution in [2.24, 2.45) is 11.8 Å². The molecule has 0 saturated heterocycles. The van der Waals surface area contributed by atoms with Gasteiger partial charge in [-0.15, -0.1) is 0 Å². The first kappa shape index (κ1) is 26.4. The van der Waals surface area contributed by atoms with Crippen molar-refractivity contribution in [3.05, 3.63) is 71.2 Å². The minimum absolute atomic E-state index is 0. The summed E-state index contributed by atoms with van der Waals surface area (Å²) in [5, 5.41) is 10.0. The second kappa shape index (κ2) is 11.3. The molecule has 0 bridgehead atoms. The quantitative estimate of drug-likeness (QED) is 0.420. The number of aromatic nitrogens is 1. The lowest BCUT2D eigenvalue weighted by molar-refractivity contribution is -0.126. The number of carboxylic acids is 1. The molecule has 0 spiro atoms. The molecule has 0 radical (unpaired) electrons. The van der Waals surface area contributed by atoms with Gasteiger partial charge >= 0.3 is 5.97 Å². The highest BCUT2D eigenvalue weighted by Crippen LogP contribution is 2.33. The zero-order valence-corrected chi connectivity index (χ0v) is 20.3. The van der Waals surface area contributed by atoms with Crippen LogP contribution in [0.3, 0.4) is 0 Å². The molecule has 1 heterocycles. The number of hydrogen-bond donors (Lipinski definition) is 2. The van der Waals surface area contributed by atoms with Gasteiger partial charge in [0.1, 0.15) is 17.3 Å². The van der Waals surface area contributed by atoms with Gasteiger partial charge in [0.2, 0.25) is 6.04 Å². The molecule has 2 aromatic carbocycles. The van der Waals surface area contributed by atoms with E-state index >= 15 is 0 Å². The second-order valence-electron chi connectivity index (χ2n) is 8.19. The van der Waals surface area contributed by atoms with Crippen LogP contribution in [-0.4, -0.2) is 27.9 Å². The van der Waals surface area contributed by atoms with Crippen LogP contribution in [0.5, 0.6) is 11.5 Å². The summed E-state index contributed by atoms with van der Waals surface area (Å²) in [4.78, 5) is 30.8. The maximum atomic E-state index is 12.9. The van der Waals surface area contributed by atoms with Crippen molar-refractivity contribution in [3.8, 4) is 11.5 Å². The zero-order valence-electron chi connectivity index (χ0n) is 18.3. The molecule has 2 N–H and O–H groups in total.